The molecular formula is C18H22N4O4. The molecule has 2 aromatic rings. The van der Waals surface area contributed by atoms with Crippen LogP contribution in [0.25, 0.3) is 0 Å². The molecule has 0 aromatic carbocycles. The molecule has 0 bridgehead atoms. The minimum atomic E-state index is -0.0962. The van der Waals surface area contributed by atoms with E-state index >= 15 is 0 Å². The Hall–Kier alpha value is -2.90. The number of rotatable bonds is 3. The Morgan fingerprint density at radius 1 is 1.12 bits per heavy atom. The summed E-state index contributed by atoms with van der Waals surface area (Å²) in [6.45, 7) is 5.61. The van der Waals surface area contributed by atoms with Crippen LogP contribution in [0.4, 0.5) is 0 Å². The molecule has 1 aliphatic heterocycles. The molecule has 8 nitrogen and oxygen atoms in total. The molecule has 0 spiro atoms. The zero-order valence-electron chi connectivity index (χ0n) is 15.2. The molecule has 1 fully saturated rings. The first-order valence-electron chi connectivity index (χ1n) is 8.52. The van der Waals surface area contributed by atoms with Gasteiger partial charge in [-0.25, -0.2) is 4.98 Å². The Bertz CT molecular complexity index is 798. The number of methoxy groups -OCH3 is 1. The van der Waals surface area contributed by atoms with E-state index < -0.39 is 0 Å². The van der Waals surface area contributed by atoms with Gasteiger partial charge in [0.1, 0.15) is 11.3 Å². The molecular weight excluding hydrogens is 336 g/mol. The van der Waals surface area contributed by atoms with Crippen molar-refractivity contribution in [1.29, 1.82) is 0 Å². The molecule has 0 N–H and O–H groups in total. The molecule has 0 atom stereocenters. The highest BCUT2D eigenvalue weighted by Crippen LogP contribution is 2.18. The molecule has 0 aliphatic carbocycles. The van der Waals surface area contributed by atoms with E-state index in [1.165, 1.54) is 7.11 Å². The average Bonchev–Trinajstić information content (AvgIpc) is 2.86. The normalized spacial score (nSPS) is 14.9. The fraction of sp³-hybridized carbons (Fsp3) is 0.444. The SMILES string of the molecule is COc1cc(C(=O)N2CCCN(C(=O)c3c(C)noc3C)CC2)ccn1. The van der Waals surface area contributed by atoms with E-state index in [9.17, 15) is 9.59 Å². The Morgan fingerprint density at radius 2 is 1.81 bits per heavy atom. The first kappa shape index (κ1) is 17.9. The van der Waals surface area contributed by atoms with Gasteiger partial charge in [-0.15, -0.1) is 0 Å². The number of amides is 2. The predicted molar refractivity (Wildman–Crippen MR) is 93.2 cm³/mol. The van der Waals surface area contributed by atoms with Crippen molar-refractivity contribution >= 4 is 11.8 Å². The number of ether oxygens (including phenoxy) is 1. The van der Waals surface area contributed by atoms with E-state index in [1.54, 1.807) is 42.0 Å². The summed E-state index contributed by atoms with van der Waals surface area (Å²) in [6.07, 6.45) is 2.26. The molecule has 0 unspecified atom stereocenters. The number of carbonyl (C=O) groups is 2. The van der Waals surface area contributed by atoms with Gasteiger partial charge in [-0.2, -0.15) is 0 Å². The zero-order valence-corrected chi connectivity index (χ0v) is 15.2. The van der Waals surface area contributed by atoms with Gasteiger partial charge in [0.2, 0.25) is 5.88 Å². The van der Waals surface area contributed by atoms with E-state index in [2.05, 4.69) is 10.1 Å². The maximum atomic E-state index is 12.8. The molecule has 3 rings (SSSR count). The molecule has 138 valence electrons. The largest absolute Gasteiger partial charge is 0.481 e. The topological polar surface area (TPSA) is 88.8 Å². The molecule has 8 heteroatoms. The van der Waals surface area contributed by atoms with Gasteiger partial charge in [0, 0.05) is 44.0 Å². The second kappa shape index (κ2) is 7.55. The molecule has 2 amide bonds. The zero-order chi connectivity index (χ0) is 18.7. The van der Waals surface area contributed by atoms with Gasteiger partial charge in [0.25, 0.3) is 11.8 Å². The molecule has 2 aromatic heterocycles. The standard InChI is InChI=1S/C18H22N4O4/c1-12-16(13(2)26-20-12)18(24)22-8-4-7-21(9-10-22)17(23)14-5-6-19-15(11-14)25-3/h5-6,11H,4,7-10H2,1-3H3. The lowest BCUT2D eigenvalue weighted by Gasteiger charge is -2.22. The third kappa shape index (κ3) is 3.54. The second-order valence-electron chi connectivity index (χ2n) is 6.22. The summed E-state index contributed by atoms with van der Waals surface area (Å²) < 4.78 is 10.2. The number of hydrogen-bond donors (Lipinski definition) is 0. The minimum absolute atomic E-state index is 0.0858. The fourth-order valence-electron chi connectivity index (χ4n) is 3.11. The van der Waals surface area contributed by atoms with Crippen molar-refractivity contribution in [2.75, 3.05) is 33.3 Å². The van der Waals surface area contributed by atoms with Gasteiger partial charge in [-0.1, -0.05) is 5.16 Å². The van der Waals surface area contributed by atoms with Crippen LogP contribution in [0.3, 0.4) is 0 Å². The molecule has 1 saturated heterocycles. The van der Waals surface area contributed by atoms with Crippen molar-refractivity contribution in [2.45, 2.75) is 20.3 Å². The summed E-state index contributed by atoms with van der Waals surface area (Å²) in [6, 6.07) is 3.29. The van der Waals surface area contributed by atoms with E-state index in [-0.39, 0.29) is 11.8 Å². The first-order valence-corrected chi connectivity index (χ1v) is 8.52. The van der Waals surface area contributed by atoms with Gasteiger partial charge >= 0.3 is 0 Å². The van der Waals surface area contributed by atoms with E-state index in [1.807, 2.05) is 0 Å². The molecule has 26 heavy (non-hydrogen) atoms. The number of pyridine rings is 1. The Kier molecular flexibility index (Phi) is 5.20. The number of aromatic nitrogens is 2. The number of aryl methyl sites for hydroxylation is 2. The van der Waals surface area contributed by atoms with Crippen LogP contribution in [-0.2, 0) is 0 Å². The second-order valence-corrected chi connectivity index (χ2v) is 6.22. The van der Waals surface area contributed by atoms with Crippen molar-refractivity contribution in [3.8, 4) is 5.88 Å². The van der Waals surface area contributed by atoms with Crippen LogP contribution in [0, 0.1) is 13.8 Å². The van der Waals surface area contributed by atoms with E-state index in [0.717, 1.165) is 0 Å². The maximum absolute atomic E-state index is 12.8. The van der Waals surface area contributed by atoms with Gasteiger partial charge in [0.15, 0.2) is 0 Å². The highest BCUT2D eigenvalue weighted by atomic mass is 16.5. The monoisotopic (exact) mass is 358 g/mol. The summed E-state index contributed by atoms with van der Waals surface area (Å²) in [5.74, 6) is 0.743. The lowest BCUT2D eigenvalue weighted by Crippen LogP contribution is -2.37. The van der Waals surface area contributed by atoms with Crippen LogP contribution in [0.5, 0.6) is 5.88 Å². The lowest BCUT2D eigenvalue weighted by molar-refractivity contribution is 0.0717. The van der Waals surface area contributed by atoms with Gasteiger partial charge < -0.3 is 19.1 Å². The third-order valence-corrected chi connectivity index (χ3v) is 4.51. The van der Waals surface area contributed by atoms with Gasteiger partial charge in [0.05, 0.1) is 12.8 Å². The highest BCUT2D eigenvalue weighted by molar-refractivity contribution is 5.96. The lowest BCUT2D eigenvalue weighted by atomic mass is 10.1. The Balaban J connectivity index is 1.70. The first-order chi connectivity index (χ1) is 12.5. The Morgan fingerprint density at radius 3 is 2.42 bits per heavy atom. The molecule has 1 aliphatic rings. The summed E-state index contributed by atoms with van der Waals surface area (Å²) in [7, 11) is 1.51. The van der Waals surface area contributed by atoms with Crippen molar-refractivity contribution in [3.05, 3.63) is 40.9 Å². The fourth-order valence-corrected chi connectivity index (χ4v) is 3.11. The summed E-state index contributed by atoms with van der Waals surface area (Å²) in [5, 5.41) is 3.85. The van der Waals surface area contributed by atoms with Crippen LogP contribution in [-0.4, -0.2) is 65.0 Å². The Labute approximate surface area is 151 Å². The van der Waals surface area contributed by atoms with Crippen LogP contribution >= 0.6 is 0 Å². The van der Waals surface area contributed by atoms with Crippen molar-refractivity contribution in [3.63, 3.8) is 0 Å². The summed E-state index contributed by atoms with van der Waals surface area (Å²) in [4.78, 5) is 33.1. The molecule has 0 radical (unpaired) electrons. The smallest absolute Gasteiger partial charge is 0.259 e. The van der Waals surface area contributed by atoms with Crippen molar-refractivity contribution in [1.82, 2.24) is 19.9 Å². The highest BCUT2D eigenvalue weighted by Gasteiger charge is 2.27. The minimum Gasteiger partial charge on any atom is -0.481 e. The van der Waals surface area contributed by atoms with Crippen LogP contribution in [0.15, 0.2) is 22.9 Å². The molecule has 3 heterocycles. The van der Waals surface area contributed by atoms with Crippen molar-refractivity contribution < 1.29 is 18.8 Å². The van der Waals surface area contributed by atoms with Gasteiger partial charge in [-0.05, 0) is 26.3 Å². The number of carbonyl (C=O) groups excluding carboxylic acids is 2. The third-order valence-electron chi connectivity index (χ3n) is 4.51. The predicted octanol–water partition coefficient (Wildman–Crippen LogP) is 1.68. The number of hydrogen-bond acceptors (Lipinski definition) is 6. The van der Waals surface area contributed by atoms with Crippen LogP contribution in [0.2, 0.25) is 0 Å². The van der Waals surface area contributed by atoms with Crippen LogP contribution in [0.1, 0.15) is 38.6 Å². The average molecular weight is 358 g/mol. The molecule has 0 saturated carbocycles. The maximum Gasteiger partial charge on any atom is 0.259 e. The van der Waals surface area contributed by atoms with Crippen LogP contribution < -0.4 is 4.74 Å². The van der Waals surface area contributed by atoms with Crippen molar-refractivity contribution in [2.24, 2.45) is 0 Å². The van der Waals surface area contributed by atoms with E-state index in [0.29, 0.717) is 61.1 Å². The number of nitrogens with zero attached hydrogens (tertiary/aromatic N) is 4. The quantitative estimate of drug-likeness (QED) is 0.829. The summed E-state index contributed by atoms with van der Waals surface area (Å²) in [5.41, 5.74) is 1.64. The summed E-state index contributed by atoms with van der Waals surface area (Å²) >= 11 is 0. The van der Waals surface area contributed by atoms with Gasteiger partial charge in [-0.3, -0.25) is 9.59 Å². The van der Waals surface area contributed by atoms with E-state index in [4.69, 9.17) is 9.26 Å².